The summed E-state index contributed by atoms with van der Waals surface area (Å²) in [6, 6.07) is 7.06. The number of aryl methyl sites for hydroxylation is 1. The van der Waals surface area contributed by atoms with Crippen LogP contribution in [0.3, 0.4) is 0 Å². The van der Waals surface area contributed by atoms with Crippen molar-refractivity contribution in [3.63, 3.8) is 0 Å². The third-order valence-electron chi connectivity index (χ3n) is 4.79. The topological polar surface area (TPSA) is 119 Å². The molecule has 0 unspecified atom stereocenters. The molecule has 1 saturated heterocycles. The van der Waals surface area contributed by atoms with Gasteiger partial charge in [-0.2, -0.15) is 4.31 Å². The van der Waals surface area contributed by atoms with E-state index in [0.29, 0.717) is 30.7 Å². The molecule has 2 atom stereocenters. The zero-order valence-electron chi connectivity index (χ0n) is 17.1. The van der Waals surface area contributed by atoms with E-state index in [1.807, 2.05) is 13.8 Å². The summed E-state index contributed by atoms with van der Waals surface area (Å²) < 4.78 is 37.1. The molecule has 3 rings (SSSR count). The summed E-state index contributed by atoms with van der Waals surface area (Å²) in [6.45, 7) is 6.22. The third kappa shape index (κ3) is 5.25. The first-order chi connectivity index (χ1) is 14.1. The molecule has 30 heavy (non-hydrogen) atoms. The van der Waals surface area contributed by atoms with Crippen LogP contribution in [-0.4, -0.2) is 49.5 Å². The molecule has 0 aliphatic carbocycles. The Morgan fingerprint density at radius 3 is 2.40 bits per heavy atom. The van der Waals surface area contributed by atoms with Gasteiger partial charge in [0.1, 0.15) is 5.76 Å². The van der Waals surface area contributed by atoms with Crippen molar-refractivity contribution in [2.24, 2.45) is 11.8 Å². The zero-order valence-corrected chi connectivity index (χ0v) is 17.9. The monoisotopic (exact) mass is 435 g/mol. The maximum Gasteiger partial charge on any atom is 0.338 e. The smallest absolute Gasteiger partial charge is 0.338 e. The highest BCUT2D eigenvalue weighted by Crippen LogP contribution is 2.26. The lowest BCUT2D eigenvalue weighted by atomic mass is 9.94. The Bertz CT molecular complexity index is 1010. The minimum atomic E-state index is -3.63. The Morgan fingerprint density at radius 1 is 1.20 bits per heavy atom. The van der Waals surface area contributed by atoms with Crippen LogP contribution in [0.2, 0.25) is 0 Å². The molecule has 1 fully saturated rings. The summed E-state index contributed by atoms with van der Waals surface area (Å²) in [5, 5.41) is 6.05. The number of nitrogens with one attached hydrogen (secondary N) is 1. The van der Waals surface area contributed by atoms with Crippen molar-refractivity contribution in [3.05, 3.63) is 41.7 Å². The van der Waals surface area contributed by atoms with Gasteiger partial charge in [0.15, 0.2) is 12.4 Å². The molecule has 10 heteroatoms. The average molecular weight is 436 g/mol. The summed E-state index contributed by atoms with van der Waals surface area (Å²) in [5.74, 6) is 0.0558. The van der Waals surface area contributed by atoms with Gasteiger partial charge in [0.25, 0.3) is 5.91 Å². The van der Waals surface area contributed by atoms with E-state index in [1.165, 1.54) is 34.6 Å². The lowest BCUT2D eigenvalue weighted by Crippen LogP contribution is -2.42. The normalized spacial score (nSPS) is 20.0. The molecule has 1 aliphatic heterocycles. The molecule has 1 N–H and O–H groups in total. The number of amides is 1. The molecule has 0 bridgehead atoms. The fourth-order valence-corrected chi connectivity index (χ4v) is 5.21. The number of esters is 1. The first kappa shape index (κ1) is 22.0. The maximum atomic E-state index is 12.9. The number of benzene rings is 1. The number of ether oxygens (including phenoxy) is 1. The van der Waals surface area contributed by atoms with E-state index in [2.05, 4.69) is 10.5 Å². The molecule has 162 valence electrons. The Kier molecular flexibility index (Phi) is 6.57. The Labute approximate surface area is 175 Å². The zero-order chi connectivity index (χ0) is 21.9. The molecule has 2 heterocycles. The average Bonchev–Trinajstić information content (AvgIpc) is 3.10. The molecular formula is C20H25N3O6S. The van der Waals surface area contributed by atoms with E-state index in [9.17, 15) is 18.0 Å². The Hall–Kier alpha value is -2.72. The van der Waals surface area contributed by atoms with Crippen molar-refractivity contribution in [1.82, 2.24) is 9.46 Å². The number of carbonyl (C=O) groups is 2. The van der Waals surface area contributed by atoms with Gasteiger partial charge in [0.2, 0.25) is 10.0 Å². The van der Waals surface area contributed by atoms with Gasteiger partial charge in [-0.25, -0.2) is 13.2 Å². The molecule has 1 aromatic heterocycles. The van der Waals surface area contributed by atoms with E-state index in [0.717, 1.165) is 6.42 Å². The largest absolute Gasteiger partial charge is 0.452 e. The molecule has 1 aliphatic rings. The molecule has 0 radical (unpaired) electrons. The van der Waals surface area contributed by atoms with Crippen molar-refractivity contribution in [3.8, 4) is 0 Å². The number of carbonyl (C=O) groups excluding carboxylic acids is 2. The predicted molar refractivity (Wildman–Crippen MR) is 108 cm³/mol. The second kappa shape index (κ2) is 8.97. The van der Waals surface area contributed by atoms with Gasteiger partial charge in [-0.15, -0.1) is 0 Å². The van der Waals surface area contributed by atoms with Crippen LogP contribution in [0.4, 0.5) is 5.82 Å². The summed E-state index contributed by atoms with van der Waals surface area (Å²) in [6.07, 6.45) is 1.00. The van der Waals surface area contributed by atoms with Crippen LogP contribution in [0.25, 0.3) is 0 Å². The number of hydrogen-bond acceptors (Lipinski definition) is 7. The van der Waals surface area contributed by atoms with Gasteiger partial charge >= 0.3 is 5.97 Å². The van der Waals surface area contributed by atoms with Crippen LogP contribution in [-0.2, 0) is 19.6 Å². The number of piperidine rings is 1. The van der Waals surface area contributed by atoms with Crippen molar-refractivity contribution in [1.29, 1.82) is 0 Å². The number of aromatic nitrogens is 1. The van der Waals surface area contributed by atoms with Crippen LogP contribution >= 0.6 is 0 Å². The van der Waals surface area contributed by atoms with Gasteiger partial charge in [-0.3, -0.25) is 4.79 Å². The summed E-state index contributed by atoms with van der Waals surface area (Å²) in [5.41, 5.74) is 0.152. The second-order valence-electron chi connectivity index (χ2n) is 7.74. The molecule has 0 spiro atoms. The Balaban J connectivity index is 1.59. The highest BCUT2D eigenvalue weighted by atomic mass is 32.2. The maximum absolute atomic E-state index is 12.9. The molecule has 9 nitrogen and oxygen atoms in total. The second-order valence-corrected chi connectivity index (χ2v) is 9.68. The molecule has 0 saturated carbocycles. The fourth-order valence-electron chi connectivity index (χ4n) is 3.53. The SMILES string of the molecule is Cc1cc(NC(=O)COC(=O)c2ccc(S(=O)(=O)N3C[C@H](C)C[C@H](C)C3)cc2)no1. The number of rotatable bonds is 6. The van der Waals surface area contributed by atoms with Crippen LogP contribution in [0.5, 0.6) is 0 Å². The third-order valence-corrected chi connectivity index (χ3v) is 6.64. The molecule has 2 aromatic rings. The van der Waals surface area contributed by atoms with Crippen LogP contribution in [0.15, 0.2) is 39.8 Å². The van der Waals surface area contributed by atoms with Gasteiger partial charge in [-0.1, -0.05) is 19.0 Å². The van der Waals surface area contributed by atoms with E-state index in [1.54, 1.807) is 6.92 Å². The van der Waals surface area contributed by atoms with Crippen LogP contribution < -0.4 is 5.32 Å². The van der Waals surface area contributed by atoms with E-state index < -0.39 is 28.5 Å². The predicted octanol–water partition coefficient (Wildman–Crippen LogP) is 2.45. The summed E-state index contributed by atoms with van der Waals surface area (Å²) in [4.78, 5) is 24.1. The first-order valence-corrected chi connectivity index (χ1v) is 11.1. The number of sulfonamides is 1. The number of anilines is 1. The van der Waals surface area contributed by atoms with Crippen molar-refractivity contribution >= 4 is 27.7 Å². The van der Waals surface area contributed by atoms with Crippen molar-refractivity contribution in [2.45, 2.75) is 32.1 Å². The van der Waals surface area contributed by atoms with E-state index in [4.69, 9.17) is 9.26 Å². The lowest BCUT2D eigenvalue weighted by Gasteiger charge is -2.34. The van der Waals surface area contributed by atoms with Crippen LogP contribution in [0, 0.1) is 18.8 Å². The van der Waals surface area contributed by atoms with Crippen LogP contribution in [0.1, 0.15) is 36.4 Å². The summed E-state index contributed by atoms with van der Waals surface area (Å²) in [7, 11) is -3.63. The van der Waals surface area contributed by atoms with Gasteiger partial charge in [-0.05, 0) is 49.4 Å². The lowest BCUT2D eigenvalue weighted by molar-refractivity contribution is -0.119. The standard InChI is InChI=1S/C20H25N3O6S/c1-13-8-14(2)11-23(10-13)30(26,27)17-6-4-16(5-7-17)20(25)28-12-19(24)21-18-9-15(3)29-22-18/h4-7,9,13-14H,8,10-12H2,1-3H3,(H,21,22,24)/t13-,14+. The highest BCUT2D eigenvalue weighted by molar-refractivity contribution is 7.89. The quantitative estimate of drug-likeness (QED) is 0.692. The number of nitrogens with zero attached hydrogens (tertiary/aromatic N) is 2. The fraction of sp³-hybridized carbons (Fsp3) is 0.450. The minimum Gasteiger partial charge on any atom is -0.452 e. The molecular weight excluding hydrogens is 410 g/mol. The van der Waals surface area contributed by atoms with Crippen molar-refractivity contribution in [2.75, 3.05) is 25.0 Å². The van der Waals surface area contributed by atoms with E-state index in [-0.39, 0.29) is 16.3 Å². The number of hydrogen-bond donors (Lipinski definition) is 1. The Morgan fingerprint density at radius 2 is 1.83 bits per heavy atom. The van der Waals surface area contributed by atoms with E-state index >= 15 is 0 Å². The van der Waals surface area contributed by atoms with Gasteiger partial charge in [0.05, 0.1) is 10.5 Å². The van der Waals surface area contributed by atoms with Gasteiger partial charge < -0.3 is 14.6 Å². The summed E-state index contributed by atoms with van der Waals surface area (Å²) >= 11 is 0. The van der Waals surface area contributed by atoms with Gasteiger partial charge in [0, 0.05) is 19.2 Å². The minimum absolute atomic E-state index is 0.125. The highest BCUT2D eigenvalue weighted by Gasteiger charge is 2.31. The molecule has 1 amide bonds. The molecule has 1 aromatic carbocycles. The first-order valence-electron chi connectivity index (χ1n) is 9.65. The van der Waals surface area contributed by atoms with Crippen molar-refractivity contribution < 1.29 is 27.3 Å².